The standard InChI is InChI=1S/C29H23NO/c1-18(2)16-20-17-26(30-25-15-14-19-8-3-4-9-21(19)28(20)25)24-12-7-11-23-22-10-5-6-13-27(22)31-29(23)24/h3-15,17-18H,16H2,1-2H3. The highest BCUT2D eigenvalue weighted by Gasteiger charge is 2.16. The van der Waals surface area contributed by atoms with Gasteiger partial charge in [-0.3, -0.25) is 0 Å². The van der Waals surface area contributed by atoms with E-state index in [4.69, 9.17) is 9.40 Å². The van der Waals surface area contributed by atoms with Gasteiger partial charge in [0.05, 0.1) is 11.2 Å². The number of furan rings is 1. The average molecular weight is 402 g/mol. The van der Waals surface area contributed by atoms with Crippen molar-refractivity contribution < 1.29 is 4.42 Å². The van der Waals surface area contributed by atoms with Crippen molar-refractivity contribution in [3.05, 3.63) is 90.5 Å². The van der Waals surface area contributed by atoms with E-state index in [1.54, 1.807) is 0 Å². The lowest BCUT2D eigenvalue weighted by atomic mass is 9.93. The van der Waals surface area contributed by atoms with Crippen molar-refractivity contribution in [3.63, 3.8) is 0 Å². The number of fused-ring (bicyclic) bond motifs is 6. The third-order valence-electron chi connectivity index (χ3n) is 6.09. The monoisotopic (exact) mass is 401 g/mol. The summed E-state index contributed by atoms with van der Waals surface area (Å²) in [6.45, 7) is 4.55. The summed E-state index contributed by atoms with van der Waals surface area (Å²) in [5.74, 6) is 0.555. The summed E-state index contributed by atoms with van der Waals surface area (Å²) in [6.07, 6.45) is 1.01. The largest absolute Gasteiger partial charge is 0.455 e. The van der Waals surface area contributed by atoms with E-state index in [-0.39, 0.29) is 0 Å². The third-order valence-corrected chi connectivity index (χ3v) is 6.09. The zero-order chi connectivity index (χ0) is 20.9. The molecule has 0 bridgehead atoms. The summed E-state index contributed by atoms with van der Waals surface area (Å²) in [7, 11) is 0. The summed E-state index contributed by atoms with van der Waals surface area (Å²) < 4.78 is 6.30. The fourth-order valence-electron chi connectivity index (χ4n) is 4.78. The minimum absolute atomic E-state index is 0.555. The van der Waals surface area contributed by atoms with Crippen molar-refractivity contribution in [2.45, 2.75) is 20.3 Å². The van der Waals surface area contributed by atoms with Crippen LogP contribution in [0.25, 0.3) is 54.9 Å². The number of benzene rings is 4. The molecule has 150 valence electrons. The van der Waals surface area contributed by atoms with E-state index in [1.807, 2.05) is 12.1 Å². The van der Waals surface area contributed by atoms with Crippen LogP contribution in [0.5, 0.6) is 0 Å². The molecular formula is C29H23NO. The second-order valence-corrected chi connectivity index (χ2v) is 8.73. The van der Waals surface area contributed by atoms with Gasteiger partial charge in [-0.25, -0.2) is 4.98 Å². The number of para-hydroxylation sites is 2. The van der Waals surface area contributed by atoms with Crippen LogP contribution in [0.2, 0.25) is 0 Å². The van der Waals surface area contributed by atoms with Crippen LogP contribution in [0.3, 0.4) is 0 Å². The van der Waals surface area contributed by atoms with Crippen molar-refractivity contribution in [1.29, 1.82) is 0 Å². The zero-order valence-electron chi connectivity index (χ0n) is 17.7. The highest BCUT2D eigenvalue weighted by Crippen LogP contribution is 2.37. The maximum Gasteiger partial charge on any atom is 0.144 e. The number of hydrogen-bond acceptors (Lipinski definition) is 2. The SMILES string of the molecule is CC(C)Cc1cc(-c2cccc3c2oc2ccccc23)nc2ccc3ccccc3c12. The smallest absolute Gasteiger partial charge is 0.144 e. The molecule has 0 atom stereocenters. The molecule has 6 aromatic rings. The van der Waals surface area contributed by atoms with E-state index in [9.17, 15) is 0 Å². The van der Waals surface area contributed by atoms with Gasteiger partial charge in [-0.15, -0.1) is 0 Å². The lowest BCUT2D eigenvalue weighted by Gasteiger charge is -2.14. The van der Waals surface area contributed by atoms with Gasteiger partial charge in [-0.2, -0.15) is 0 Å². The Hall–Kier alpha value is -3.65. The molecule has 0 saturated heterocycles. The zero-order valence-corrected chi connectivity index (χ0v) is 17.7. The molecule has 2 heteroatoms. The van der Waals surface area contributed by atoms with Gasteiger partial charge >= 0.3 is 0 Å². The molecule has 0 amide bonds. The molecule has 0 unspecified atom stereocenters. The maximum absolute atomic E-state index is 6.30. The summed E-state index contributed by atoms with van der Waals surface area (Å²) in [6, 6.07) is 29.8. The molecule has 0 saturated carbocycles. The van der Waals surface area contributed by atoms with Gasteiger partial charge in [0, 0.05) is 21.7 Å². The first kappa shape index (κ1) is 18.1. The van der Waals surface area contributed by atoms with Gasteiger partial charge in [-0.05, 0) is 52.9 Å². The molecule has 2 aromatic heterocycles. The molecule has 31 heavy (non-hydrogen) atoms. The molecular weight excluding hydrogens is 378 g/mol. The highest BCUT2D eigenvalue weighted by molar-refractivity contribution is 6.11. The van der Waals surface area contributed by atoms with Crippen molar-refractivity contribution in [2.24, 2.45) is 5.92 Å². The molecule has 0 aliphatic carbocycles. The van der Waals surface area contributed by atoms with Gasteiger partial charge in [0.25, 0.3) is 0 Å². The van der Waals surface area contributed by atoms with E-state index in [0.29, 0.717) is 5.92 Å². The summed E-state index contributed by atoms with van der Waals surface area (Å²) in [4.78, 5) is 5.12. The Bertz CT molecular complexity index is 1590. The van der Waals surface area contributed by atoms with Gasteiger partial charge in [-0.1, -0.05) is 74.5 Å². The second kappa shape index (κ2) is 6.95. The van der Waals surface area contributed by atoms with E-state index in [2.05, 4.69) is 86.6 Å². The van der Waals surface area contributed by atoms with Crippen LogP contribution >= 0.6 is 0 Å². The van der Waals surface area contributed by atoms with Crippen LogP contribution in [0.1, 0.15) is 19.4 Å². The van der Waals surface area contributed by atoms with Crippen LogP contribution in [0.4, 0.5) is 0 Å². The van der Waals surface area contributed by atoms with Gasteiger partial charge in [0.1, 0.15) is 11.2 Å². The Labute approximate surface area is 181 Å². The first-order valence-corrected chi connectivity index (χ1v) is 10.9. The van der Waals surface area contributed by atoms with Crippen molar-refractivity contribution >= 4 is 43.6 Å². The molecule has 0 radical (unpaired) electrons. The van der Waals surface area contributed by atoms with Crippen molar-refractivity contribution in [2.75, 3.05) is 0 Å². The average Bonchev–Trinajstić information content (AvgIpc) is 3.17. The fraction of sp³-hybridized carbons (Fsp3) is 0.138. The minimum atomic E-state index is 0.555. The quantitative estimate of drug-likeness (QED) is 0.280. The Morgan fingerprint density at radius 1 is 0.774 bits per heavy atom. The van der Waals surface area contributed by atoms with E-state index >= 15 is 0 Å². The molecule has 6 rings (SSSR count). The molecule has 0 aliphatic rings. The van der Waals surface area contributed by atoms with Crippen LogP contribution in [0, 0.1) is 5.92 Å². The third kappa shape index (κ3) is 2.90. The number of hydrogen-bond donors (Lipinski definition) is 0. The predicted molar refractivity (Wildman–Crippen MR) is 131 cm³/mol. The lowest BCUT2D eigenvalue weighted by Crippen LogP contribution is -1.99. The van der Waals surface area contributed by atoms with E-state index in [0.717, 1.165) is 45.1 Å². The highest BCUT2D eigenvalue weighted by atomic mass is 16.3. The number of aromatic nitrogens is 1. The number of pyridine rings is 1. The van der Waals surface area contributed by atoms with E-state index in [1.165, 1.54) is 21.7 Å². The molecule has 2 nitrogen and oxygen atoms in total. The number of nitrogens with zero attached hydrogens (tertiary/aromatic N) is 1. The molecule has 0 spiro atoms. The Morgan fingerprint density at radius 2 is 1.55 bits per heavy atom. The van der Waals surface area contributed by atoms with Gasteiger partial charge in [0.15, 0.2) is 0 Å². The molecule has 0 fully saturated rings. The second-order valence-electron chi connectivity index (χ2n) is 8.73. The van der Waals surface area contributed by atoms with Crippen LogP contribution < -0.4 is 0 Å². The van der Waals surface area contributed by atoms with Crippen molar-refractivity contribution in [3.8, 4) is 11.3 Å². The molecule has 2 heterocycles. The Balaban J connectivity index is 1.68. The van der Waals surface area contributed by atoms with Gasteiger partial charge < -0.3 is 4.42 Å². The normalized spacial score (nSPS) is 12.0. The maximum atomic E-state index is 6.30. The lowest BCUT2D eigenvalue weighted by molar-refractivity contribution is 0.650. The van der Waals surface area contributed by atoms with Crippen LogP contribution in [0.15, 0.2) is 89.3 Å². The first-order chi connectivity index (χ1) is 15.2. The molecule has 0 aliphatic heterocycles. The Kier molecular flexibility index (Phi) is 4.07. The molecule has 0 N–H and O–H groups in total. The fourth-order valence-corrected chi connectivity index (χ4v) is 4.78. The van der Waals surface area contributed by atoms with Crippen LogP contribution in [-0.4, -0.2) is 4.98 Å². The summed E-state index contributed by atoms with van der Waals surface area (Å²) in [5, 5.41) is 6.09. The first-order valence-electron chi connectivity index (χ1n) is 10.9. The van der Waals surface area contributed by atoms with Crippen molar-refractivity contribution in [1.82, 2.24) is 4.98 Å². The van der Waals surface area contributed by atoms with Crippen LogP contribution in [-0.2, 0) is 6.42 Å². The van der Waals surface area contributed by atoms with E-state index < -0.39 is 0 Å². The predicted octanol–water partition coefficient (Wildman–Crippen LogP) is 8.15. The minimum Gasteiger partial charge on any atom is -0.455 e. The molecule has 4 aromatic carbocycles. The number of rotatable bonds is 3. The van der Waals surface area contributed by atoms with Gasteiger partial charge in [0.2, 0.25) is 0 Å². The summed E-state index contributed by atoms with van der Waals surface area (Å²) in [5.41, 5.74) is 6.24. The summed E-state index contributed by atoms with van der Waals surface area (Å²) >= 11 is 0. The Morgan fingerprint density at radius 3 is 2.42 bits per heavy atom. The topological polar surface area (TPSA) is 26.0 Å².